The maximum absolute atomic E-state index is 8.38. The fraction of sp³-hybridized carbons (Fsp3) is 0.750. The molecular formula is C4H11N2O4S+. The Kier molecular flexibility index (Phi) is 4.75. The summed E-state index contributed by atoms with van der Waals surface area (Å²) >= 11 is 0.906. The minimum atomic E-state index is -0.452. The average Bonchev–Trinajstić information content (AvgIpc) is 1.87. The van der Waals surface area contributed by atoms with Crippen molar-refractivity contribution in [1.29, 1.82) is 0 Å². The molecule has 6 nitrogen and oxygen atoms in total. The van der Waals surface area contributed by atoms with Crippen molar-refractivity contribution in [3.05, 3.63) is 0 Å². The fourth-order valence-electron chi connectivity index (χ4n) is 0.389. The Morgan fingerprint density at radius 1 is 1.45 bits per heavy atom. The molecule has 0 aliphatic rings. The van der Waals surface area contributed by atoms with Crippen molar-refractivity contribution in [1.82, 2.24) is 5.23 Å². The van der Waals surface area contributed by atoms with Crippen LogP contribution in [0.2, 0.25) is 0 Å². The third kappa shape index (κ3) is 3.91. The molecule has 0 heterocycles. The molecule has 66 valence electrons. The molecule has 0 saturated heterocycles. The maximum atomic E-state index is 8.38. The molecule has 0 fully saturated rings. The van der Waals surface area contributed by atoms with Crippen molar-refractivity contribution < 1.29 is 25.7 Å². The summed E-state index contributed by atoms with van der Waals surface area (Å²) in [5.74, 6) is 0.560. The lowest BCUT2D eigenvalue weighted by molar-refractivity contribution is -0.957. The first-order chi connectivity index (χ1) is 5.09. The zero-order valence-electron chi connectivity index (χ0n) is 6.01. The van der Waals surface area contributed by atoms with Crippen molar-refractivity contribution in [2.45, 2.75) is 13.3 Å². The zero-order valence-corrected chi connectivity index (χ0v) is 6.82. The van der Waals surface area contributed by atoms with Gasteiger partial charge in [-0.05, 0) is 18.2 Å². The predicted molar refractivity (Wildman–Crippen MR) is 37.0 cm³/mol. The van der Waals surface area contributed by atoms with Crippen LogP contribution in [0.1, 0.15) is 13.3 Å². The van der Waals surface area contributed by atoms with Gasteiger partial charge in [0.15, 0.2) is 0 Å². The molecule has 0 aliphatic heterocycles. The van der Waals surface area contributed by atoms with E-state index in [0.29, 0.717) is 5.75 Å². The molecule has 0 bridgehead atoms. The number of hydroxylamine groups is 2. The first kappa shape index (κ1) is 10.3. The van der Waals surface area contributed by atoms with Crippen LogP contribution in [0.3, 0.4) is 0 Å². The van der Waals surface area contributed by atoms with E-state index in [1.54, 1.807) is 0 Å². The summed E-state index contributed by atoms with van der Waals surface area (Å²) in [6.45, 7) is 1.88. The third-order valence-electron chi connectivity index (χ3n) is 0.777. The smallest absolute Gasteiger partial charge is 0.316 e. The first-order valence-corrected chi connectivity index (χ1v) is 3.93. The Morgan fingerprint density at radius 2 is 2.00 bits per heavy atom. The van der Waals surface area contributed by atoms with Crippen LogP contribution in [-0.2, 0) is 0 Å². The Hall–Kier alpha value is -0.660. The van der Waals surface area contributed by atoms with Crippen molar-refractivity contribution in [2.24, 2.45) is 0 Å². The van der Waals surface area contributed by atoms with Crippen LogP contribution in [0, 0.1) is 0 Å². The Morgan fingerprint density at radius 3 is 2.27 bits per heavy atom. The van der Waals surface area contributed by atoms with E-state index in [9.17, 15) is 0 Å². The quantitative estimate of drug-likeness (QED) is 0.214. The largest absolute Gasteiger partial charge is 0.455 e. The van der Waals surface area contributed by atoms with Gasteiger partial charge in [0.25, 0.3) is 0 Å². The van der Waals surface area contributed by atoms with Crippen molar-refractivity contribution in [3.63, 3.8) is 0 Å². The summed E-state index contributed by atoms with van der Waals surface area (Å²) in [6, 6.07) is 0. The van der Waals surface area contributed by atoms with E-state index in [2.05, 4.69) is 0 Å². The van der Waals surface area contributed by atoms with Gasteiger partial charge >= 0.3 is 5.17 Å². The molecule has 0 rings (SSSR count). The highest BCUT2D eigenvalue weighted by atomic mass is 32.2. The van der Waals surface area contributed by atoms with Gasteiger partial charge in [-0.2, -0.15) is 10.4 Å². The zero-order chi connectivity index (χ0) is 8.85. The summed E-state index contributed by atoms with van der Waals surface area (Å²) in [5, 5.41) is 32.7. The summed E-state index contributed by atoms with van der Waals surface area (Å²) in [6.07, 6.45) is 0.788. The molecule has 0 aromatic heterocycles. The molecule has 0 amide bonds. The second kappa shape index (κ2) is 5.05. The normalized spacial score (nSPS) is 9.36. The van der Waals surface area contributed by atoms with Gasteiger partial charge in [0, 0.05) is 5.75 Å². The van der Waals surface area contributed by atoms with Gasteiger partial charge in [0.1, 0.15) is 4.90 Å². The molecule has 4 N–H and O–H groups in total. The van der Waals surface area contributed by atoms with E-state index < -0.39 is 5.17 Å². The first-order valence-electron chi connectivity index (χ1n) is 2.95. The Bertz CT molecular complexity index is 145. The number of thioether (sulfide) groups is 1. The number of hydrogen-bond donors (Lipinski definition) is 4. The highest BCUT2D eigenvalue weighted by molar-refractivity contribution is 8.13. The Balaban J connectivity index is 4.03. The topological polar surface area (TPSA) is 87.2 Å². The summed E-state index contributed by atoms with van der Waals surface area (Å²) in [7, 11) is 0. The van der Waals surface area contributed by atoms with E-state index in [1.807, 2.05) is 6.92 Å². The number of hydrogen-bond acceptors (Lipinski definition) is 5. The van der Waals surface area contributed by atoms with Crippen LogP contribution in [0.5, 0.6) is 0 Å². The van der Waals surface area contributed by atoms with Gasteiger partial charge in [-0.3, -0.25) is 0 Å². The van der Waals surface area contributed by atoms with Gasteiger partial charge < -0.3 is 10.4 Å². The van der Waals surface area contributed by atoms with Gasteiger partial charge in [-0.25, -0.2) is 0 Å². The van der Waals surface area contributed by atoms with Gasteiger partial charge in [0.2, 0.25) is 0 Å². The lowest BCUT2D eigenvalue weighted by atomic mass is 10.6. The SMILES string of the molecule is CCCSC(N(O)O)=[N+](O)O. The molecule has 7 heteroatoms. The van der Waals surface area contributed by atoms with Crippen LogP contribution in [0.4, 0.5) is 0 Å². The summed E-state index contributed by atoms with van der Waals surface area (Å²) in [4.78, 5) is -0.347. The highest BCUT2D eigenvalue weighted by Gasteiger charge is 2.22. The average molecular weight is 183 g/mol. The molecule has 0 aromatic carbocycles. The van der Waals surface area contributed by atoms with Gasteiger partial charge in [-0.15, -0.1) is 0 Å². The number of nitrogens with zero attached hydrogens (tertiary/aromatic N) is 2. The third-order valence-corrected chi connectivity index (χ3v) is 1.97. The van der Waals surface area contributed by atoms with Crippen molar-refractivity contribution in [3.8, 4) is 0 Å². The van der Waals surface area contributed by atoms with E-state index in [1.165, 1.54) is 0 Å². The van der Waals surface area contributed by atoms with Gasteiger partial charge in [-0.1, -0.05) is 6.92 Å². The number of rotatable bonds is 2. The predicted octanol–water partition coefficient (Wildman–Crippen LogP) is 0.357. The highest BCUT2D eigenvalue weighted by Crippen LogP contribution is 2.05. The molecule has 0 aromatic rings. The van der Waals surface area contributed by atoms with E-state index >= 15 is 0 Å². The Labute approximate surface area is 67.8 Å². The van der Waals surface area contributed by atoms with Crippen LogP contribution in [0.25, 0.3) is 0 Å². The van der Waals surface area contributed by atoms with Gasteiger partial charge in [0.05, 0.1) is 5.23 Å². The molecule has 0 spiro atoms. The van der Waals surface area contributed by atoms with Crippen LogP contribution >= 0.6 is 11.8 Å². The molecular weight excluding hydrogens is 172 g/mol. The van der Waals surface area contributed by atoms with E-state index in [-0.39, 0.29) is 10.1 Å². The summed E-state index contributed by atoms with van der Waals surface area (Å²) in [5.41, 5.74) is 0. The van der Waals surface area contributed by atoms with Crippen LogP contribution in [0.15, 0.2) is 0 Å². The van der Waals surface area contributed by atoms with E-state index in [4.69, 9.17) is 20.8 Å². The monoisotopic (exact) mass is 183 g/mol. The second-order valence-corrected chi connectivity index (χ2v) is 2.77. The van der Waals surface area contributed by atoms with Crippen molar-refractivity contribution in [2.75, 3.05) is 5.75 Å². The fourth-order valence-corrected chi connectivity index (χ4v) is 1.01. The summed E-state index contributed by atoms with van der Waals surface area (Å²) < 4.78 is 0. The molecule has 0 atom stereocenters. The number of amidine groups is 1. The maximum Gasteiger partial charge on any atom is 0.455 e. The van der Waals surface area contributed by atoms with Crippen LogP contribution in [-0.4, -0.2) is 41.9 Å². The molecule has 11 heavy (non-hydrogen) atoms. The standard InChI is InChI=1S/C4H11N2O4S/c1-2-3-11-4(5(7)8)6(9)10/h7-10H,2-3H2,1H3/q+1. The minimum absolute atomic E-state index is 0.347. The molecule has 0 unspecified atom stereocenters. The van der Waals surface area contributed by atoms with Crippen molar-refractivity contribution >= 4 is 16.9 Å². The molecule has 0 radical (unpaired) electrons. The molecule has 0 aliphatic carbocycles. The van der Waals surface area contributed by atoms with E-state index in [0.717, 1.165) is 18.2 Å². The second-order valence-electron chi connectivity index (χ2n) is 1.71. The minimum Gasteiger partial charge on any atom is -0.316 e. The lowest BCUT2D eigenvalue weighted by Crippen LogP contribution is -2.28. The lowest BCUT2D eigenvalue weighted by Gasteiger charge is -1.99. The molecule has 0 saturated carbocycles. The van der Waals surface area contributed by atoms with Crippen LogP contribution < -0.4 is 0 Å².